The van der Waals surface area contributed by atoms with Gasteiger partial charge < -0.3 is 9.84 Å². The van der Waals surface area contributed by atoms with E-state index < -0.39 is 6.09 Å². The fourth-order valence-electron chi connectivity index (χ4n) is 1.80. The van der Waals surface area contributed by atoms with Gasteiger partial charge in [0.15, 0.2) is 0 Å². The lowest BCUT2D eigenvalue weighted by Gasteiger charge is -2.22. The van der Waals surface area contributed by atoms with Crippen LogP contribution in [0.2, 0.25) is 0 Å². The van der Waals surface area contributed by atoms with Crippen LogP contribution in [0, 0.1) is 0 Å². The Morgan fingerprint density at radius 3 is 2.67 bits per heavy atom. The van der Waals surface area contributed by atoms with E-state index in [-0.39, 0.29) is 24.8 Å². The van der Waals surface area contributed by atoms with Gasteiger partial charge in [-0.1, -0.05) is 18.2 Å². The molecule has 6 heteroatoms. The SMILES string of the molecule is O=C(OCCCl)N(Cc1ccccn1)c1ccccc1O. The Morgan fingerprint density at radius 1 is 1.24 bits per heavy atom. The van der Waals surface area contributed by atoms with Gasteiger partial charge in [0.2, 0.25) is 0 Å². The smallest absolute Gasteiger partial charge is 0.414 e. The number of halogens is 1. The zero-order valence-corrected chi connectivity index (χ0v) is 12.0. The molecular formula is C15H15ClN2O3. The first-order valence-electron chi connectivity index (χ1n) is 6.40. The predicted molar refractivity (Wildman–Crippen MR) is 80.6 cm³/mol. The van der Waals surface area contributed by atoms with Gasteiger partial charge in [-0.15, -0.1) is 11.6 Å². The molecule has 1 aromatic carbocycles. The summed E-state index contributed by atoms with van der Waals surface area (Å²) in [5, 5.41) is 9.94. The second kappa shape index (κ2) is 7.50. The molecule has 1 N–H and O–H groups in total. The van der Waals surface area contributed by atoms with E-state index in [9.17, 15) is 9.90 Å². The summed E-state index contributed by atoms with van der Waals surface area (Å²) < 4.78 is 5.05. The minimum absolute atomic E-state index is 0.00347. The molecule has 0 fully saturated rings. The van der Waals surface area contributed by atoms with Gasteiger partial charge in [0, 0.05) is 6.20 Å². The third-order valence-corrected chi connectivity index (χ3v) is 2.90. The zero-order chi connectivity index (χ0) is 15.1. The lowest BCUT2D eigenvalue weighted by molar-refractivity contribution is 0.160. The van der Waals surface area contributed by atoms with Gasteiger partial charge in [-0.3, -0.25) is 9.88 Å². The number of phenols is 1. The van der Waals surface area contributed by atoms with Gasteiger partial charge in [0.1, 0.15) is 12.4 Å². The summed E-state index contributed by atoms with van der Waals surface area (Å²) >= 11 is 5.53. The summed E-state index contributed by atoms with van der Waals surface area (Å²) in [6, 6.07) is 12.0. The van der Waals surface area contributed by atoms with Gasteiger partial charge in [0.25, 0.3) is 0 Å². The molecule has 0 radical (unpaired) electrons. The van der Waals surface area contributed by atoms with Crippen LogP contribution in [-0.4, -0.2) is 28.7 Å². The molecule has 0 saturated carbocycles. The molecule has 2 rings (SSSR count). The highest BCUT2D eigenvalue weighted by Crippen LogP contribution is 2.28. The molecule has 1 aromatic heterocycles. The van der Waals surface area contributed by atoms with Crippen LogP contribution in [-0.2, 0) is 11.3 Å². The van der Waals surface area contributed by atoms with E-state index in [0.29, 0.717) is 11.4 Å². The first-order chi connectivity index (χ1) is 10.2. The largest absolute Gasteiger partial charge is 0.506 e. The maximum Gasteiger partial charge on any atom is 0.414 e. The lowest BCUT2D eigenvalue weighted by atomic mass is 10.2. The summed E-state index contributed by atoms with van der Waals surface area (Å²) in [7, 11) is 0. The molecule has 21 heavy (non-hydrogen) atoms. The molecule has 2 aromatic rings. The standard InChI is InChI=1S/C15H15ClN2O3/c16-8-10-21-15(20)18(11-12-5-3-4-9-17-12)13-6-1-2-7-14(13)19/h1-7,9,19H,8,10-11H2. The number of hydrogen-bond acceptors (Lipinski definition) is 4. The van der Waals surface area contributed by atoms with Crippen molar-refractivity contribution in [3.8, 4) is 5.75 Å². The number of ether oxygens (including phenoxy) is 1. The number of carbonyl (C=O) groups excluding carboxylic acids is 1. The van der Waals surface area contributed by atoms with Crippen molar-refractivity contribution in [1.82, 2.24) is 4.98 Å². The number of aromatic nitrogens is 1. The molecule has 0 atom stereocenters. The Balaban J connectivity index is 2.26. The van der Waals surface area contributed by atoms with Crippen molar-refractivity contribution in [3.63, 3.8) is 0 Å². The van der Waals surface area contributed by atoms with E-state index in [4.69, 9.17) is 16.3 Å². The average Bonchev–Trinajstić information content (AvgIpc) is 2.52. The normalized spacial score (nSPS) is 10.1. The van der Waals surface area contributed by atoms with Crippen LogP contribution in [0.15, 0.2) is 48.7 Å². The fraction of sp³-hybridized carbons (Fsp3) is 0.200. The number of para-hydroxylation sites is 2. The third-order valence-electron chi connectivity index (χ3n) is 2.74. The first kappa shape index (κ1) is 15.1. The topological polar surface area (TPSA) is 62.7 Å². The minimum atomic E-state index is -0.581. The molecule has 0 aliphatic rings. The Bertz CT molecular complexity index is 592. The van der Waals surface area contributed by atoms with Gasteiger partial charge in [-0.05, 0) is 24.3 Å². The van der Waals surface area contributed by atoms with Crippen LogP contribution in [0.1, 0.15) is 5.69 Å². The number of alkyl halides is 1. The second-order valence-electron chi connectivity index (χ2n) is 4.20. The number of pyridine rings is 1. The number of amides is 1. The van der Waals surface area contributed by atoms with Gasteiger partial charge in [-0.25, -0.2) is 4.79 Å². The molecule has 110 valence electrons. The fourth-order valence-corrected chi connectivity index (χ4v) is 1.88. The molecule has 0 spiro atoms. The zero-order valence-electron chi connectivity index (χ0n) is 11.3. The van der Waals surface area contributed by atoms with Crippen molar-refractivity contribution in [2.75, 3.05) is 17.4 Å². The van der Waals surface area contributed by atoms with Gasteiger partial charge >= 0.3 is 6.09 Å². The number of phenolic OH excluding ortho intramolecular Hbond substituents is 1. The number of aromatic hydroxyl groups is 1. The van der Waals surface area contributed by atoms with Crippen molar-refractivity contribution < 1.29 is 14.6 Å². The van der Waals surface area contributed by atoms with Crippen LogP contribution < -0.4 is 4.90 Å². The van der Waals surface area contributed by atoms with E-state index in [1.54, 1.807) is 36.5 Å². The number of carbonyl (C=O) groups is 1. The highest BCUT2D eigenvalue weighted by Gasteiger charge is 2.20. The van der Waals surface area contributed by atoms with Gasteiger partial charge in [0.05, 0.1) is 23.8 Å². The molecule has 1 heterocycles. The number of rotatable bonds is 5. The van der Waals surface area contributed by atoms with Crippen molar-refractivity contribution in [2.24, 2.45) is 0 Å². The number of hydrogen-bond donors (Lipinski definition) is 1. The van der Waals surface area contributed by atoms with Crippen LogP contribution >= 0.6 is 11.6 Å². The molecule has 0 aliphatic carbocycles. The monoisotopic (exact) mass is 306 g/mol. The van der Waals surface area contributed by atoms with Crippen LogP contribution in [0.3, 0.4) is 0 Å². The summed E-state index contributed by atoms with van der Waals surface area (Å²) in [6.07, 6.45) is 1.06. The third kappa shape index (κ3) is 4.10. The highest BCUT2D eigenvalue weighted by molar-refractivity contribution is 6.18. The molecule has 5 nitrogen and oxygen atoms in total. The molecule has 0 bridgehead atoms. The van der Waals surface area contributed by atoms with E-state index in [1.165, 1.54) is 11.0 Å². The maximum atomic E-state index is 12.2. The van der Waals surface area contributed by atoms with Crippen LogP contribution in [0.25, 0.3) is 0 Å². The molecule has 0 unspecified atom stereocenters. The quantitative estimate of drug-likeness (QED) is 0.862. The molecule has 1 amide bonds. The lowest BCUT2D eigenvalue weighted by Crippen LogP contribution is -2.31. The molecular weight excluding hydrogens is 292 g/mol. The van der Waals surface area contributed by atoms with E-state index >= 15 is 0 Å². The van der Waals surface area contributed by atoms with E-state index in [1.807, 2.05) is 6.07 Å². The van der Waals surface area contributed by atoms with E-state index in [2.05, 4.69) is 4.98 Å². The van der Waals surface area contributed by atoms with Crippen molar-refractivity contribution in [1.29, 1.82) is 0 Å². The second-order valence-corrected chi connectivity index (χ2v) is 4.58. The predicted octanol–water partition coefficient (Wildman–Crippen LogP) is 3.17. The molecule has 0 saturated heterocycles. The Hall–Kier alpha value is -2.27. The van der Waals surface area contributed by atoms with Crippen molar-refractivity contribution >= 4 is 23.4 Å². The van der Waals surface area contributed by atoms with Crippen LogP contribution in [0.5, 0.6) is 5.75 Å². The summed E-state index contributed by atoms with van der Waals surface area (Å²) in [4.78, 5) is 17.7. The Labute approximate surface area is 127 Å². The Morgan fingerprint density at radius 2 is 2.00 bits per heavy atom. The number of anilines is 1. The highest BCUT2D eigenvalue weighted by atomic mass is 35.5. The number of nitrogens with zero attached hydrogens (tertiary/aromatic N) is 2. The van der Waals surface area contributed by atoms with E-state index in [0.717, 1.165) is 0 Å². The number of benzene rings is 1. The first-order valence-corrected chi connectivity index (χ1v) is 6.94. The minimum Gasteiger partial charge on any atom is -0.506 e. The van der Waals surface area contributed by atoms with Crippen molar-refractivity contribution in [2.45, 2.75) is 6.54 Å². The average molecular weight is 307 g/mol. The summed E-state index contributed by atoms with van der Waals surface area (Å²) in [5.41, 5.74) is 1.05. The van der Waals surface area contributed by atoms with Gasteiger partial charge in [-0.2, -0.15) is 0 Å². The Kier molecular flexibility index (Phi) is 5.40. The summed E-state index contributed by atoms with van der Waals surface area (Å²) in [5.74, 6) is 0.209. The maximum absolute atomic E-state index is 12.2. The molecule has 0 aliphatic heterocycles. The van der Waals surface area contributed by atoms with Crippen molar-refractivity contribution in [3.05, 3.63) is 54.4 Å². The summed E-state index contributed by atoms with van der Waals surface area (Å²) in [6.45, 7) is 0.298. The van der Waals surface area contributed by atoms with Crippen LogP contribution in [0.4, 0.5) is 10.5 Å².